The number of amides is 1. The van der Waals surface area contributed by atoms with Gasteiger partial charge in [-0.25, -0.2) is 10.4 Å². The summed E-state index contributed by atoms with van der Waals surface area (Å²) >= 11 is 0. The van der Waals surface area contributed by atoms with Crippen molar-refractivity contribution in [1.29, 1.82) is 0 Å². The number of aromatic amines is 1. The van der Waals surface area contributed by atoms with Crippen LogP contribution in [0.4, 0.5) is 0 Å². The lowest BCUT2D eigenvalue weighted by molar-refractivity contribution is -0.116. The van der Waals surface area contributed by atoms with Gasteiger partial charge in [0.15, 0.2) is 0 Å². The van der Waals surface area contributed by atoms with Gasteiger partial charge >= 0.3 is 0 Å². The molecule has 2 aromatic heterocycles. The van der Waals surface area contributed by atoms with Gasteiger partial charge in [-0.2, -0.15) is 10.2 Å². The number of hydrogen-bond acceptors (Lipinski definition) is 8. The molecule has 1 aliphatic heterocycles. The summed E-state index contributed by atoms with van der Waals surface area (Å²) in [6, 6.07) is 0. The molecule has 176 valence electrons. The molecule has 1 saturated carbocycles. The first kappa shape index (κ1) is 23.2. The first-order chi connectivity index (χ1) is 16.1. The van der Waals surface area contributed by atoms with Crippen molar-refractivity contribution in [2.75, 3.05) is 47.1 Å². The second kappa shape index (κ2) is 10.8. The normalized spacial score (nSPS) is 17.2. The first-order valence-electron chi connectivity index (χ1n) is 11.3. The van der Waals surface area contributed by atoms with Crippen LogP contribution in [0.5, 0.6) is 0 Å². The van der Waals surface area contributed by atoms with Crippen molar-refractivity contribution in [3.05, 3.63) is 46.3 Å². The Morgan fingerprint density at radius 2 is 1.91 bits per heavy atom. The molecule has 4 rings (SSSR count). The smallest absolute Gasteiger partial charge is 0.273 e. The first-order valence-corrected chi connectivity index (χ1v) is 11.3. The number of nitrogens with one attached hydrogen (secondary N) is 2. The zero-order valence-electron chi connectivity index (χ0n) is 19.4. The molecule has 0 saturated heterocycles. The van der Waals surface area contributed by atoms with Gasteiger partial charge in [0.1, 0.15) is 5.71 Å². The van der Waals surface area contributed by atoms with Crippen LogP contribution in [0.2, 0.25) is 0 Å². The molecule has 33 heavy (non-hydrogen) atoms. The van der Waals surface area contributed by atoms with E-state index in [2.05, 4.69) is 42.5 Å². The molecule has 1 fully saturated rings. The Balaban J connectivity index is 1.59. The number of nitrogens with zero attached hydrogens (tertiary/aromatic N) is 5. The average molecular weight is 454 g/mol. The van der Waals surface area contributed by atoms with Gasteiger partial charge < -0.3 is 14.5 Å². The van der Waals surface area contributed by atoms with Crippen LogP contribution in [-0.2, 0) is 20.7 Å². The molecule has 2 N–H and O–H groups in total. The Kier molecular flexibility index (Phi) is 7.58. The van der Waals surface area contributed by atoms with Crippen LogP contribution in [0.15, 0.2) is 23.1 Å². The van der Waals surface area contributed by atoms with E-state index in [-0.39, 0.29) is 5.91 Å². The number of aromatic nitrogens is 4. The van der Waals surface area contributed by atoms with Gasteiger partial charge in [0, 0.05) is 51.4 Å². The predicted octanol–water partition coefficient (Wildman–Crippen LogP) is 1.44. The molecule has 3 heterocycles. The van der Waals surface area contributed by atoms with Crippen molar-refractivity contribution < 1.29 is 14.3 Å². The zero-order chi connectivity index (χ0) is 23.2. The molecule has 0 atom stereocenters. The van der Waals surface area contributed by atoms with Crippen LogP contribution >= 0.6 is 0 Å². The molecule has 0 aromatic carbocycles. The molecule has 10 heteroatoms. The summed E-state index contributed by atoms with van der Waals surface area (Å²) in [4.78, 5) is 22.6. The highest BCUT2D eigenvalue weighted by molar-refractivity contribution is 6.32. The Morgan fingerprint density at radius 1 is 1.15 bits per heavy atom. The minimum absolute atomic E-state index is 0.265. The lowest BCUT2D eigenvalue weighted by atomic mass is 9.99. The minimum atomic E-state index is -0.265. The second-order valence-electron chi connectivity index (χ2n) is 8.33. The lowest BCUT2D eigenvalue weighted by Crippen LogP contribution is -2.32. The molecule has 2 aromatic rings. The molecule has 1 aliphatic carbocycles. The summed E-state index contributed by atoms with van der Waals surface area (Å²) in [5.74, 6) is 0.575. The van der Waals surface area contributed by atoms with Crippen molar-refractivity contribution in [1.82, 2.24) is 30.5 Å². The number of methoxy groups -OCH3 is 2. The van der Waals surface area contributed by atoms with Crippen LogP contribution in [0.1, 0.15) is 47.1 Å². The van der Waals surface area contributed by atoms with E-state index in [0.29, 0.717) is 36.2 Å². The van der Waals surface area contributed by atoms with Crippen LogP contribution in [-0.4, -0.2) is 83.8 Å². The van der Waals surface area contributed by atoms with Crippen molar-refractivity contribution >= 4 is 17.7 Å². The summed E-state index contributed by atoms with van der Waals surface area (Å²) in [5.41, 5.74) is 8.13. The summed E-state index contributed by atoms with van der Waals surface area (Å²) in [6.07, 6.45) is 8.16. The summed E-state index contributed by atoms with van der Waals surface area (Å²) in [6.45, 7) is 6.13. The van der Waals surface area contributed by atoms with Crippen LogP contribution in [0, 0.1) is 6.92 Å². The largest absolute Gasteiger partial charge is 0.383 e. The average Bonchev–Trinajstić information content (AvgIpc) is 3.53. The molecular formula is C23H31N7O3. The maximum absolute atomic E-state index is 12.6. The predicted molar refractivity (Wildman–Crippen MR) is 124 cm³/mol. The fourth-order valence-corrected chi connectivity index (χ4v) is 4.17. The highest BCUT2D eigenvalue weighted by atomic mass is 16.5. The number of hydrazone groups is 1. The fourth-order valence-electron chi connectivity index (χ4n) is 4.17. The highest BCUT2D eigenvalue weighted by Gasteiger charge is 2.32. The molecule has 0 spiro atoms. The number of ether oxygens (including phenoxy) is 2. The molecule has 0 unspecified atom stereocenters. The van der Waals surface area contributed by atoms with E-state index in [4.69, 9.17) is 9.47 Å². The Labute approximate surface area is 193 Å². The SMILES string of the molecule is COCCN(CCOC)CCc1c(C)[nH]c(C=C2C(=O)NN=C2c2nccnn2)c1C1CC1. The Bertz CT molecular complexity index is 1020. The third kappa shape index (κ3) is 5.52. The zero-order valence-corrected chi connectivity index (χ0v) is 19.4. The van der Waals surface area contributed by atoms with Gasteiger partial charge in [-0.05, 0) is 49.3 Å². The van der Waals surface area contributed by atoms with Crippen LogP contribution < -0.4 is 5.43 Å². The van der Waals surface area contributed by atoms with Crippen LogP contribution in [0.25, 0.3) is 6.08 Å². The number of carbonyl (C=O) groups is 1. The van der Waals surface area contributed by atoms with Crippen molar-refractivity contribution in [3.8, 4) is 0 Å². The number of rotatable bonds is 12. The van der Waals surface area contributed by atoms with Crippen molar-refractivity contribution in [2.45, 2.75) is 32.1 Å². The van der Waals surface area contributed by atoms with Gasteiger partial charge in [0.05, 0.1) is 25.0 Å². The quantitative estimate of drug-likeness (QED) is 0.467. The summed E-state index contributed by atoms with van der Waals surface area (Å²) < 4.78 is 10.5. The van der Waals surface area contributed by atoms with Gasteiger partial charge in [-0.1, -0.05) is 0 Å². The number of hydrogen-bond donors (Lipinski definition) is 2. The van der Waals surface area contributed by atoms with Crippen molar-refractivity contribution in [2.24, 2.45) is 5.10 Å². The maximum atomic E-state index is 12.6. The minimum Gasteiger partial charge on any atom is -0.383 e. The van der Waals surface area contributed by atoms with Gasteiger partial charge in [0.2, 0.25) is 5.82 Å². The molecule has 2 aliphatic rings. The topological polar surface area (TPSA) is 118 Å². The van der Waals surface area contributed by atoms with E-state index in [9.17, 15) is 4.79 Å². The van der Waals surface area contributed by atoms with Gasteiger partial charge in [-0.15, -0.1) is 5.10 Å². The van der Waals surface area contributed by atoms with Gasteiger partial charge in [-0.3, -0.25) is 9.69 Å². The van der Waals surface area contributed by atoms with E-state index in [1.807, 2.05) is 6.08 Å². The third-order valence-corrected chi connectivity index (χ3v) is 6.03. The number of carbonyl (C=O) groups excluding carboxylic acids is 1. The molecule has 0 bridgehead atoms. The lowest BCUT2D eigenvalue weighted by Gasteiger charge is -2.22. The van der Waals surface area contributed by atoms with E-state index in [0.717, 1.165) is 50.3 Å². The molecule has 0 radical (unpaired) electrons. The van der Waals surface area contributed by atoms with E-state index >= 15 is 0 Å². The summed E-state index contributed by atoms with van der Waals surface area (Å²) in [7, 11) is 3.45. The standard InChI is InChI=1S/C23H31N7O3/c1-15-17(6-9-30(10-12-32-2)11-13-33-3)20(16-4-5-16)19(26-15)14-18-21(27-29-23(18)31)22-24-7-8-25-28-22/h7-8,14,16,26H,4-6,9-13H2,1-3H3,(H,29,31). The number of aryl methyl sites for hydroxylation is 1. The Hall–Kier alpha value is -2.95. The van der Waals surface area contributed by atoms with E-state index < -0.39 is 0 Å². The number of H-pyrrole nitrogens is 1. The molecule has 1 amide bonds. The van der Waals surface area contributed by atoms with Crippen molar-refractivity contribution in [3.63, 3.8) is 0 Å². The van der Waals surface area contributed by atoms with E-state index in [1.165, 1.54) is 23.5 Å². The molecule has 10 nitrogen and oxygen atoms in total. The van der Waals surface area contributed by atoms with Crippen LogP contribution in [0.3, 0.4) is 0 Å². The monoisotopic (exact) mass is 453 g/mol. The fraction of sp³-hybridized carbons (Fsp3) is 0.522. The van der Waals surface area contributed by atoms with Gasteiger partial charge in [0.25, 0.3) is 5.91 Å². The Morgan fingerprint density at radius 3 is 2.55 bits per heavy atom. The third-order valence-electron chi connectivity index (χ3n) is 6.03. The maximum Gasteiger partial charge on any atom is 0.273 e. The second-order valence-corrected chi connectivity index (χ2v) is 8.33. The van der Waals surface area contributed by atoms with E-state index in [1.54, 1.807) is 14.2 Å². The molecular weight excluding hydrogens is 422 g/mol. The highest BCUT2D eigenvalue weighted by Crippen LogP contribution is 2.45. The summed E-state index contributed by atoms with van der Waals surface area (Å²) in [5, 5.41) is 12.0.